The minimum Gasteiger partial charge on any atom is -0.481 e. The molecular formula is C10H11Cl2N5O4. The fraction of sp³-hybridized carbons (Fsp3) is 0.100. The third kappa shape index (κ3) is 7.09. The highest BCUT2D eigenvalue weighted by molar-refractivity contribution is 6.37. The number of rotatable bonds is 3. The molecule has 11 heteroatoms. The fourth-order valence-corrected chi connectivity index (χ4v) is 1.45. The molecule has 0 radical (unpaired) electrons. The van der Waals surface area contributed by atoms with E-state index < -0.39 is 10.9 Å². The summed E-state index contributed by atoms with van der Waals surface area (Å²) in [7, 11) is 0. The molecule has 0 saturated heterocycles. The Balaban J connectivity index is 0.000000885. The highest BCUT2D eigenvalue weighted by Gasteiger charge is 2.20. The summed E-state index contributed by atoms with van der Waals surface area (Å²) in [6.07, 6.45) is 1.06. The maximum atomic E-state index is 10.8. The van der Waals surface area contributed by atoms with E-state index in [0.717, 1.165) is 13.1 Å². The number of carboxylic acid groups (broad SMARTS) is 1. The van der Waals surface area contributed by atoms with Crippen molar-refractivity contribution in [1.29, 1.82) is 0 Å². The van der Waals surface area contributed by atoms with Gasteiger partial charge in [-0.05, 0) is 12.1 Å². The van der Waals surface area contributed by atoms with Crippen LogP contribution in [0.4, 0.5) is 5.69 Å². The van der Waals surface area contributed by atoms with E-state index >= 15 is 0 Å². The van der Waals surface area contributed by atoms with Gasteiger partial charge >= 0.3 is 0 Å². The van der Waals surface area contributed by atoms with Gasteiger partial charge in [0, 0.05) is 6.92 Å². The van der Waals surface area contributed by atoms with Crippen molar-refractivity contribution in [2.45, 2.75) is 6.92 Å². The first kappa shape index (κ1) is 18.6. The number of nitro benzene ring substituents is 1. The smallest absolute Gasteiger partial charge is 0.300 e. The molecule has 1 aromatic carbocycles. The zero-order valence-corrected chi connectivity index (χ0v) is 12.2. The fourth-order valence-electron chi connectivity index (χ4n) is 1.02. The summed E-state index contributed by atoms with van der Waals surface area (Å²) in [5.41, 5.74) is 9.77. The Hall–Kier alpha value is -2.39. The number of nitrogens with two attached hydrogens (primary N) is 2. The quantitative estimate of drug-likeness (QED) is 0.329. The van der Waals surface area contributed by atoms with E-state index in [2.05, 4.69) is 10.2 Å². The van der Waals surface area contributed by atoms with Crippen LogP contribution >= 0.6 is 23.2 Å². The van der Waals surface area contributed by atoms with Gasteiger partial charge in [0.05, 0.1) is 21.7 Å². The van der Waals surface area contributed by atoms with Crippen molar-refractivity contribution in [3.8, 4) is 0 Å². The highest BCUT2D eigenvalue weighted by Crippen LogP contribution is 2.32. The van der Waals surface area contributed by atoms with Gasteiger partial charge in [-0.2, -0.15) is 5.10 Å². The van der Waals surface area contributed by atoms with E-state index in [1.165, 1.54) is 12.1 Å². The van der Waals surface area contributed by atoms with E-state index in [1.54, 1.807) is 0 Å². The second kappa shape index (κ2) is 8.72. The van der Waals surface area contributed by atoms with Crippen molar-refractivity contribution in [2.75, 3.05) is 0 Å². The second-order valence-electron chi connectivity index (χ2n) is 3.34. The van der Waals surface area contributed by atoms with Crippen LogP contribution in [0.1, 0.15) is 12.5 Å². The molecular weight excluding hydrogens is 325 g/mol. The van der Waals surface area contributed by atoms with Gasteiger partial charge in [0.2, 0.25) is 5.96 Å². The molecule has 0 aliphatic heterocycles. The lowest BCUT2D eigenvalue weighted by Crippen LogP contribution is -2.21. The molecule has 9 nitrogen and oxygen atoms in total. The van der Waals surface area contributed by atoms with Crippen LogP contribution in [0.5, 0.6) is 0 Å². The summed E-state index contributed by atoms with van der Waals surface area (Å²) in [5, 5.41) is 25.1. The average molecular weight is 336 g/mol. The Bertz CT molecular complexity index is 595. The number of guanidine groups is 1. The number of halogens is 2. The van der Waals surface area contributed by atoms with Crippen molar-refractivity contribution in [2.24, 2.45) is 21.7 Å². The summed E-state index contributed by atoms with van der Waals surface area (Å²) in [5.74, 6) is -1.11. The topological polar surface area (TPSA) is 157 Å². The van der Waals surface area contributed by atoms with E-state index in [-0.39, 0.29) is 27.3 Å². The predicted molar refractivity (Wildman–Crippen MR) is 79.8 cm³/mol. The number of hydrogen-bond donors (Lipinski definition) is 3. The molecule has 5 N–H and O–H groups in total. The molecule has 0 amide bonds. The van der Waals surface area contributed by atoms with Gasteiger partial charge in [0.25, 0.3) is 11.7 Å². The minimum absolute atomic E-state index is 0.0363. The van der Waals surface area contributed by atoms with Crippen LogP contribution in [0.15, 0.2) is 22.3 Å². The summed E-state index contributed by atoms with van der Waals surface area (Å²) in [6, 6.07) is 2.73. The molecule has 114 valence electrons. The van der Waals surface area contributed by atoms with E-state index in [9.17, 15) is 10.1 Å². The standard InChI is InChI=1S/C8H7Cl2N5O2.C2H4O2/c9-5-1-2-6(10)7(15(16)17)4(5)3-13-14-8(11)12;1-2(3)4/h1-3H,(H4,11,12,14);1H3,(H,3,4)/b13-3+;. The lowest BCUT2D eigenvalue weighted by atomic mass is 10.2. The number of carbonyl (C=O) groups is 1. The largest absolute Gasteiger partial charge is 0.481 e. The lowest BCUT2D eigenvalue weighted by molar-refractivity contribution is -0.384. The molecule has 0 aromatic heterocycles. The van der Waals surface area contributed by atoms with Crippen LogP contribution in [0.2, 0.25) is 10.0 Å². The van der Waals surface area contributed by atoms with Crippen LogP contribution < -0.4 is 11.5 Å². The van der Waals surface area contributed by atoms with Gasteiger partial charge < -0.3 is 16.6 Å². The SMILES string of the molecule is CC(=O)O.NC(N)=N/N=C/c1c(Cl)ccc(Cl)c1[N+](=O)[O-]. The summed E-state index contributed by atoms with van der Waals surface area (Å²) < 4.78 is 0. The summed E-state index contributed by atoms with van der Waals surface area (Å²) in [6.45, 7) is 1.08. The van der Waals surface area contributed by atoms with Crippen molar-refractivity contribution < 1.29 is 14.8 Å². The maximum absolute atomic E-state index is 10.8. The van der Waals surface area contributed by atoms with Gasteiger partial charge in [-0.15, -0.1) is 5.10 Å². The van der Waals surface area contributed by atoms with Gasteiger partial charge in [-0.25, -0.2) is 0 Å². The van der Waals surface area contributed by atoms with Gasteiger partial charge in [0.15, 0.2) is 0 Å². The molecule has 0 bridgehead atoms. The molecule has 0 fully saturated rings. The van der Waals surface area contributed by atoms with Crippen LogP contribution in [-0.2, 0) is 4.79 Å². The average Bonchev–Trinajstić information content (AvgIpc) is 2.31. The first-order valence-electron chi connectivity index (χ1n) is 5.10. The highest BCUT2D eigenvalue weighted by atomic mass is 35.5. The van der Waals surface area contributed by atoms with Crippen LogP contribution in [0.3, 0.4) is 0 Å². The number of hydrogen-bond acceptors (Lipinski definition) is 5. The van der Waals surface area contributed by atoms with E-state index in [4.69, 9.17) is 44.6 Å². The molecule has 0 spiro atoms. The zero-order chi connectivity index (χ0) is 16.6. The molecule has 1 rings (SSSR count). The monoisotopic (exact) mass is 335 g/mol. The van der Waals surface area contributed by atoms with Crippen molar-refractivity contribution >= 4 is 47.0 Å². The Labute approximate surface area is 129 Å². The van der Waals surface area contributed by atoms with Crippen molar-refractivity contribution in [1.82, 2.24) is 0 Å². The molecule has 0 heterocycles. The number of nitrogens with zero attached hydrogens (tertiary/aromatic N) is 3. The van der Waals surface area contributed by atoms with Crippen molar-refractivity contribution in [3.63, 3.8) is 0 Å². The van der Waals surface area contributed by atoms with Crippen LogP contribution in [-0.4, -0.2) is 28.2 Å². The molecule has 21 heavy (non-hydrogen) atoms. The lowest BCUT2D eigenvalue weighted by Gasteiger charge is -2.01. The number of carboxylic acids is 1. The Morgan fingerprint density at radius 3 is 2.29 bits per heavy atom. The van der Waals surface area contributed by atoms with E-state index in [1.807, 2.05) is 0 Å². The molecule has 1 aromatic rings. The van der Waals surface area contributed by atoms with Crippen molar-refractivity contribution in [3.05, 3.63) is 37.9 Å². The number of aliphatic carboxylic acids is 1. The van der Waals surface area contributed by atoms with Crippen LogP contribution in [0.25, 0.3) is 0 Å². The van der Waals surface area contributed by atoms with Gasteiger partial charge in [-0.3, -0.25) is 14.9 Å². The van der Waals surface area contributed by atoms with Crippen LogP contribution in [0, 0.1) is 10.1 Å². The maximum Gasteiger partial charge on any atom is 0.300 e. The number of nitro groups is 1. The summed E-state index contributed by atoms with van der Waals surface area (Å²) in [4.78, 5) is 19.1. The van der Waals surface area contributed by atoms with Gasteiger partial charge in [0.1, 0.15) is 5.02 Å². The predicted octanol–water partition coefficient (Wildman–Crippen LogP) is 1.60. The minimum atomic E-state index is -0.833. The Morgan fingerprint density at radius 1 is 1.38 bits per heavy atom. The molecule has 0 aliphatic rings. The first-order valence-corrected chi connectivity index (χ1v) is 5.86. The van der Waals surface area contributed by atoms with E-state index in [0.29, 0.717) is 0 Å². The third-order valence-corrected chi connectivity index (χ3v) is 2.29. The zero-order valence-electron chi connectivity index (χ0n) is 10.7. The molecule has 0 unspecified atom stereocenters. The Morgan fingerprint density at radius 2 is 1.86 bits per heavy atom. The molecule has 0 aliphatic carbocycles. The first-order chi connectivity index (χ1) is 9.66. The number of benzene rings is 1. The third-order valence-electron chi connectivity index (χ3n) is 1.66. The Kier molecular flexibility index (Phi) is 7.72. The molecule has 0 saturated carbocycles. The molecule has 0 atom stereocenters. The van der Waals surface area contributed by atoms with Gasteiger partial charge in [-0.1, -0.05) is 23.2 Å². The summed E-state index contributed by atoms with van der Waals surface area (Å²) >= 11 is 11.5. The second-order valence-corrected chi connectivity index (χ2v) is 4.15. The normalized spacial score (nSPS) is 9.67.